The number of hydrogen-bond donors (Lipinski definition) is 1. The van der Waals surface area contributed by atoms with E-state index in [1.165, 1.54) is 11.9 Å². The highest BCUT2D eigenvalue weighted by molar-refractivity contribution is 5.84. The van der Waals surface area contributed by atoms with E-state index in [0.717, 1.165) is 51.0 Å². The second-order valence-electron chi connectivity index (χ2n) is 9.50. The fourth-order valence-corrected chi connectivity index (χ4v) is 4.50. The van der Waals surface area contributed by atoms with Crippen molar-refractivity contribution in [3.63, 3.8) is 0 Å². The molecule has 0 atom stereocenters. The molecule has 2 bridgehead atoms. The third-order valence-electron chi connectivity index (χ3n) is 6.68. The number of fused-ring (bicyclic) bond motifs is 2. The lowest BCUT2D eigenvalue weighted by Crippen LogP contribution is -2.44. The molecule has 1 fully saturated rings. The van der Waals surface area contributed by atoms with Crippen LogP contribution in [0, 0.1) is 0 Å². The van der Waals surface area contributed by atoms with Gasteiger partial charge in [0.2, 0.25) is 11.8 Å². The molecule has 0 unspecified atom stereocenters. The zero-order chi connectivity index (χ0) is 26.3. The van der Waals surface area contributed by atoms with Crippen molar-refractivity contribution in [1.29, 1.82) is 0 Å². The Morgan fingerprint density at radius 3 is 2.58 bits per heavy atom. The Morgan fingerprint density at radius 2 is 1.79 bits per heavy atom. The highest BCUT2D eigenvalue weighted by atomic mass is 16.5. The van der Waals surface area contributed by atoms with Gasteiger partial charge in [-0.15, -0.1) is 0 Å². The van der Waals surface area contributed by atoms with Gasteiger partial charge in [-0.2, -0.15) is 9.97 Å². The van der Waals surface area contributed by atoms with Gasteiger partial charge in [-0.1, -0.05) is 18.2 Å². The van der Waals surface area contributed by atoms with E-state index < -0.39 is 0 Å². The number of ether oxygens (including phenoxy) is 1. The molecule has 10 heteroatoms. The molecule has 1 saturated heterocycles. The molecule has 2 aliphatic rings. The monoisotopic (exact) mass is 514 g/mol. The van der Waals surface area contributed by atoms with Crippen LogP contribution in [-0.2, 0) is 0 Å². The fraction of sp³-hybridized carbons (Fsp3) is 0.357. The first kappa shape index (κ1) is 25.6. The zero-order valence-corrected chi connectivity index (χ0v) is 22.0. The molecule has 2 aliphatic heterocycles. The summed E-state index contributed by atoms with van der Waals surface area (Å²) in [6, 6.07) is 13.9. The molecular weight excluding hydrogens is 480 g/mol. The molecule has 1 N–H and O–H groups in total. The van der Waals surface area contributed by atoms with Gasteiger partial charge in [-0.25, -0.2) is 15.0 Å². The van der Waals surface area contributed by atoms with Gasteiger partial charge in [0, 0.05) is 63.4 Å². The fourth-order valence-electron chi connectivity index (χ4n) is 4.50. The molecule has 5 rings (SSSR count). The normalized spacial score (nSPS) is 18.2. The molecule has 4 heterocycles. The van der Waals surface area contributed by atoms with Crippen molar-refractivity contribution < 1.29 is 9.53 Å². The molecule has 1 aromatic carbocycles. The predicted octanol–water partition coefficient (Wildman–Crippen LogP) is 3.89. The summed E-state index contributed by atoms with van der Waals surface area (Å²) in [5.41, 5.74) is 2.42. The van der Waals surface area contributed by atoms with E-state index in [1.807, 2.05) is 47.4 Å². The number of aromatic nitrogens is 3. The third-order valence-corrected chi connectivity index (χ3v) is 6.68. The number of aldehydes is 1. The van der Waals surface area contributed by atoms with E-state index in [-0.39, 0.29) is 0 Å². The summed E-state index contributed by atoms with van der Waals surface area (Å²) in [6.45, 7) is 5.36. The Labute approximate surface area is 223 Å². The molecule has 38 heavy (non-hydrogen) atoms. The van der Waals surface area contributed by atoms with Crippen molar-refractivity contribution in [3.8, 4) is 5.88 Å². The van der Waals surface area contributed by atoms with E-state index in [4.69, 9.17) is 14.7 Å². The Balaban J connectivity index is 1.43. The van der Waals surface area contributed by atoms with Crippen LogP contribution in [0.4, 0.5) is 29.0 Å². The lowest BCUT2D eigenvalue weighted by molar-refractivity contribution is 0.112. The maximum absolute atomic E-state index is 12.0. The van der Waals surface area contributed by atoms with Crippen LogP contribution in [0.25, 0.3) is 0 Å². The molecule has 0 radical (unpaired) electrons. The predicted molar refractivity (Wildman–Crippen MR) is 150 cm³/mol. The second-order valence-corrected chi connectivity index (χ2v) is 9.50. The summed E-state index contributed by atoms with van der Waals surface area (Å²) in [5, 5.41) is 7.08. The maximum atomic E-state index is 12.0. The SMILES string of the molecule is CN1CCN(c2ccc(Nc3ncc(C=O)c(N4c5cccc(n5)OCCC/C=C\CN4C)n3)cc2)CC1. The van der Waals surface area contributed by atoms with Gasteiger partial charge in [0.25, 0.3) is 0 Å². The summed E-state index contributed by atoms with van der Waals surface area (Å²) in [4.78, 5) is 30.6. The number of carbonyl (C=O) groups is 1. The van der Waals surface area contributed by atoms with Crippen LogP contribution in [0.3, 0.4) is 0 Å². The third kappa shape index (κ3) is 6.09. The summed E-state index contributed by atoms with van der Waals surface area (Å²) < 4.78 is 5.85. The number of carbonyl (C=O) groups excluding carboxylic acids is 1. The molecule has 0 saturated carbocycles. The lowest BCUT2D eigenvalue weighted by Gasteiger charge is -2.34. The van der Waals surface area contributed by atoms with Crippen LogP contribution in [0.15, 0.2) is 60.8 Å². The van der Waals surface area contributed by atoms with Gasteiger partial charge in [0.15, 0.2) is 17.9 Å². The minimum absolute atomic E-state index is 0.358. The highest BCUT2D eigenvalue weighted by Crippen LogP contribution is 2.29. The number of allylic oxidation sites excluding steroid dienone is 1. The number of nitrogens with zero attached hydrogens (tertiary/aromatic N) is 7. The number of nitrogens with one attached hydrogen (secondary N) is 1. The first-order valence-electron chi connectivity index (χ1n) is 13.0. The molecule has 3 aromatic rings. The number of pyridine rings is 1. The standard InChI is InChI=1S/C28H34N8O2/c1-33-15-17-35(18-16-33)24-12-10-23(11-13-24)30-28-29-20-22(21-37)27(32-28)36-25-8-7-9-26(31-25)38-19-6-4-3-5-14-34(36)2/h3,5,7-13,20-21H,4,6,14-19H2,1-2H3,(H,29,30,32)/b5-3-. The van der Waals surface area contributed by atoms with Crippen LogP contribution in [-0.4, -0.2) is 84.6 Å². The van der Waals surface area contributed by atoms with Crippen LogP contribution in [0.1, 0.15) is 23.2 Å². The van der Waals surface area contributed by atoms with Crippen LogP contribution < -0.4 is 20.0 Å². The number of anilines is 5. The summed E-state index contributed by atoms with van der Waals surface area (Å²) in [5.74, 6) is 1.96. The van der Waals surface area contributed by atoms with Gasteiger partial charge in [-0.3, -0.25) is 4.79 Å². The van der Waals surface area contributed by atoms with E-state index in [9.17, 15) is 4.79 Å². The molecular formula is C28H34N8O2. The van der Waals surface area contributed by atoms with Gasteiger partial charge >= 0.3 is 0 Å². The van der Waals surface area contributed by atoms with Crippen LogP contribution in [0.2, 0.25) is 0 Å². The Bertz CT molecular complexity index is 1260. The minimum atomic E-state index is 0.358. The molecule has 2 aromatic heterocycles. The van der Waals surface area contributed by atoms with Gasteiger partial charge < -0.3 is 19.9 Å². The number of rotatable bonds is 5. The number of hydrogen-bond acceptors (Lipinski definition) is 10. The van der Waals surface area contributed by atoms with Crippen LogP contribution >= 0.6 is 0 Å². The van der Waals surface area contributed by atoms with Gasteiger partial charge in [0.1, 0.15) is 0 Å². The molecule has 10 nitrogen and oxygen atoms in total. The number of hydrazine groups is 1. The molecule has 198 valence electrons. The summed E-state index contributed by atoms with van der Waals surface area (Å²) in [6.07, 6.45) is 8.38. The Hall–Kier alpha value is -4.02. The maximum Gasteiger partial charge on any atom is 0.229 e. The van der Waals surface area contributed by atoms with Crippen molar-refractivity contribution in [2.45, 2.75) is 12.8 Å². The molecule has 0 amide bonds. The van der Waals surface area contributed by atoms with Crippen molar-refractivity contribution in [1.82, 2.24) is 24.9 Å². The Kier molecular flexibility index (Phi) is 8.10. The van der Waals surface area contributed by atoms with E-state index in [1.54, 1.807) is 0 Å². The quantitative estimate of drug-likeness (QED) is 0.399. The van der Waals surface area contributed by atoms with E-state index in [2.05, 4.69) is 51.4 Å². The summed E-state index contributed by atoms with van der Waals surface area (Å²) in [7, 11) is 4.09. The number of likely N-dealkylation sites (N-methyl/N-ethyl adjacent to an activating group) is 2. The van der Waals surface area contributed by atoms with Gasteiger partial charge in [-0.05, 0) is 50.2 Å². The molecule has 0 aliphatic carbocycles. The van der Waals surface area contributed by atoms with E-state index in [0.29, 0.717) is 42.2 Å². The first-order valence-corrected chi connectivity index (χ1v) is 13.0. The molecule has 0 spiro atoms. The van der Waals surface area contributed by atoms with Crippen LogP contribution in [0.5, 0.6) is 5.88 Å². The largest absolute Gasteiger partial charge is 0.478 e. The van der Waals surface area contributed by atoms with Crippen molar-refractivity contribution in [2.75, 3.05) is 68.7 Å². The summed E-state index contributed by atoms with van der Waals surface area (Å²) >= 11 is 0. The average molecular weight is 515 g/mol. The van der Waals surface area contributed by atoms with Crippen molar-refractivity contribution in [3.05, 3.63) is 66.4 Å². The number of benzene rings is 1. The van der Waals surface area contributed by atoms with Crippen molar-refractivity contribution >= 4 is 35.2 Å². The highest BCUT2D eigenvalue weighted by Gasteiger charge is 2.23. The lowest BCUT2D eigenvalue weighted by atomic mass is 10.2. The number of piperazine rings is 1. The first-order chi connectivity index (χ1) is 18.6. The second kappa shape index (κ2) is 12.0. The topological polar surface area (TPSA) is 90.0 Å². The average Bonchev–Trinajstić information content (AvgIpc) is 2.93. The smallest absolute Gasteiger partial charge is 0.229 e. The zero-order valence-electron chi connectivity index (χ0n) is 22.0. The van der Waals surface area contributed by atoms with Crippen molar-refractivity contribution in [2.24, 2.45) is 0 Å². The minimum Gasteiger partial charge on any atom is -0.478 e. The van der Waals surface area contributed by atoms with E-state index >= 15 is 0 Å². The van der Waals surface area contributed by atoms with Gasteiger partial charge in [0.05, 0.1) is 12.2 Å². The Morgan fingerprint density at radius 1 is 0.974 bits per heavy atom.